The molecular formula is C21H27N3O3. The maximum atomic E-state index is 10.1. The van der Waals surface area contributed by atoms with Crippen molar-refractivity contribution < 1.29 is 14.6 Å². The number of phenolic OH excluding ortho intramolecular Hbond substituents is 1. The van der Waals surface area contributed by atoms with Gasteiger partial charge in [0.1, 0.15) is 23.4 Å². The van der Waals surface area contributed by atoms with E-state index in [2.05, 4.69) is 21.7 Å². The third-order valence-electron chi connectivity index (χ3n) is 4.49. The molecule has 0 saturated heterocycles. The molecule has 1 heterocycles. The number of guanidine groups is 1. The quantitative estimate of drug-likeness (QED) is 0.516. The molecule has 0 aromatic heterocycles. The van der Waals surface area contributed by atoms with Crippen LogP contribution in [0.15, 0.2) is 47.5 Å². The summed E-state index contributed by atoms with van der Waals surface area (Å²) in [7, 11) is 1.59. The van der Waals surface area contributed by atoms with Gasteiger partial charge in [-0.25, -0.2) is 4.99 Å². The Labute approximate surface area is 160 Å². The average molecular weight is 369 g/mol. The van der Waals surface area contributed by atoms with Crippen LogP contribution in [0.2, 0.25) is 0 Å². The SMILES string of the molecule is CCNC(=NCC1Cc2ccccc2O1)NCCc1ccc(OC)cc1O. The summed E-state index contributed by atoms with van der Waals surface area (Å²) in [5.74, 6) is 2.61. The number of rotatable bonds is 7. The highest BCUT2D eigenvalue weighted by Crippen LogP contribution is 2.28. The number of hydrogen-bond acceptors (Lipinski definition) is 4. The number of hydrogen-bond donors (Lipinski definition) is 3. The zero-order chi connectivity index (χ0) is 19.1. The summed E-state index contributed by atoms with van der Waals surface area (Å²) in [5.41, 5.74) is 2.11. The van der Waals surface area contributed by atoms with Crippen molar-refractivity contribution in [3.05, 3.63) is 53.6 Å². The first-order chi connectivity index (χ1) is 13.2. The van der Waals surface area contributed by atoms with E-state index in [1.54, 1.807) is 13.2 Å². The Morgan fingerprint density at radius 2 is 2.11 bits per heavy atom. The third-order valence-corrected chi connectivity index (χ3v) is 4.49. The zero-order valence-electron chi connectivity index (χ0n) is 15.9. The van der Waals surface area contributed by atoms with Crippen LogP contribution in [0.1, 0.15) is 18.1 Å². The first kappa shape index (κ1) is 18.9. The lowest BCUT2D eigenvalue weighted by Crippen LogP contribution is -2.39. The van der Waals surface area contributed by atoms with Gasteiger partial charge in [-0.1, -0.05) is 24.3 Å². The van der Waals surface area contributed by atoms with E-state index in [9.17, 15) is 5.11 Å². The smallest absolute Gasteiger partial charge is 0.191 e. The van der Waals surface area contributed by atoms with Crippen LogP contribution in [0.25, 0.3) is 0 Å². The fourth-order valence-electron chi connectivity index (χ4n) is 3.09. The first-order valence-corrected chi connectivity index (χ1v) is 9.32. The Bertz CT molecular complexity index is 767. The zero-order valence-corrected chi connectivity index (χ0v) is 15.9. The first-order valence-electron chi connectivity index (χ1n) is 9.32. The molecule has 0 aliphatic carbocycles. The van der Waals surface area contributed by atoms with Gasteiger partial charge in [0, 0.05) is 25.6 Å². The van der Waals surface area contributed by atoms with Crippen LogP contribution >= 0.6 is 0 Å². The van der Waals surface area contributed by atoms with E-state index in [0.717, 1.165) is 30.2 Å². The van der Waals surface area contributed by atoms with Crippen LogP contribution in [0, 0.1) is 0 Å². The molecule has 2 aromatic rings. The second-order valence-electron chi connectivity index (χ2n) is 6.44. The Morgan fingerprint density at radius 3 is 2.85 bits per heavy atom. The van der Waals surface area contributed by atoms with Crippen molar-refractivity contribution in [1.82, 2.24) is 10.6 Å². The maximum Gasteiger partial charge on any atom is 0.191 e. The fraction of sp³-hybridized carbons (Fsp3) is 0.381. The predicted molar refractivity (Wildman–Crippen MR) is 107 cm³/mol. The fourth-order valence-corrected chi connectivity index (χ4v) is 3.09. The molecule has 1 aliphatic rings. The second kappa shape index (κ2) is 9.16. The number of aliphatic imine (C=N–C) groups is 1. The number of benzene rings is 2. The number of nitrogens with zero attached hydrogens (tertiary/aromatic N) is 1. The van der Waals surface area contributed by atoms with E-state index in [4.69, 9.17) is 9.47 Å². The summed E-state index contributed by atoms with van der Waals surface area (Å²) < 4.78 is 11.1. The highest BCUT2D eigenvalue weighted by Gasteiger charge is 2.21. The van der Waals surface area contributed by atoms with Crippen molar-refractivity contribution in [1.29, 1.82) is 0 Å². The van der Waals surface area contributed by atoms with Crippen LogP contribution in [-0.4, -0.2) is 43.9 Å². The summed E-state index contributed by atoms with van der Waals surface area (Å²) in [4.78, 5) is 4.65. The molecule has 6 heteroatoms. The predicted octanol–water partition coefficient (Wildman–Crippen LogP) is 2.50. The minimum absolute atomic E-state index is 0.0727. The van der Waals surface area contributed by atoms with Crippen molar-refractivity contribution in [3.8, 4) is 17.2 Å². The highest BCUT2D eigenvalue weighted by molar-refractivity contribution is 5.79. The number of nitrogens with one attached hydrogen (secondary N) is 2. The second-order valence-corrected chi connectivity index (χ2v) is 6.44. The molecule has 27 heavy (non-hydrogen) atoms. The van der Waals surface area contributed by atoms with E-state index in [1.807, 2.05) is 37.3 Å². The van der Waals surface area contributed by atoms with Gasteiger partial charge in [-0.15, -0.1) is 0 Å². The number of para-hydroxylation sites is 1. The van der Waals surface area contributed by atoms with Gasteiger partial charge >= 0.3 is 0 Å². The Balaban J connectivity index is 1.51. The van der Waals surface area contributed by atoms with E-state index in [1.165, 1.54) is 5.56 Å². The molecule has 0 saturated carbocycles. The minimum Gasteiger partial charge on any atom is -0.508 e. The lowest BCUT2D eigenvalue weighted by atomic mass is 10.1. The third kappa shape index (κ3) is 5.06. The molecule has 0 amide bonds. The van der Waals surface area contributed by atoms with E-state index < -0.39 is 0 Å². The van der Waals surface area contributed by atoms with Gasteiger partial charge in [-0.3, -0.25) is 0 Å². The number of aromatic hydroxyl groups is 1. The molecule has 1 unspecified atom stereocenters. The maximum absolute atomic E-state index is 10.1. The number of methoxy groups -OCH3 is 1. The molecule has 1 atom stereocenters. The lowest BCUT2D eigenvalue weighted by molar-refractivity contribution is 0.241. The number of fused-ring (bicyclic) bond motifs is 1. The molecule has 144 valence electrons. The summed E-state index contributed by atoms with van der Waals surface area (Å²) in [6.45, 7) is 4.08. The number of phenols is 1. The van der Waals surface area contributed by atoms with Crippen molar-refractivity contribution in [2.45, 2.75) is 25.9 Å². The Morgan fingerprint density at radius 1 is 1.26 bits per heavy atom. The van der Waals surface area contributed by atoms with Gasteiger partial charge in [0.05, 0.1) is 13.7 Å². The van der Waals surface area contributed by atoms with Gasteiger partial charge < -0.3 is 25.2 Å². The van der Waals surface area contributed by atoms with Crippen molar-refractivity contribution >= 4 is 5.96 Å². The van der Waals surface area contributed by atoms with Crippen molar-refractivity contribution in [2.75, 3.05) is 26.7 Å². The van der Waals surface area contributed by atoms with Crippen LogP contribution in [0.4, 0.5) is 0 Å². The molecule has 0 fully saturated rings. The molecule has 0 bridgehead atoms. The largest absolute Gasteiger partial charge is 0.508 e. The topological polar surface area (TPSA) is 75.1 Å². The molecule has 0 spiro atoms. The number of ether oxygens (including phenoxy) is 2. The molecule has 0 radical (unpaired) electrons. The molecule has 3 rings (SSSR count). The van der Waals surface area contributed by atoms with Gasteiger partial charge in [-0.05, 0) is 36.6 Å². The van der Waals surface area contributed by atoms with Crippen LogP contribution in [-0.2, 0) is 12.8 Å². The molecular weight excluding hydrogens is 342 g/mol. The van der Waals surface area contributed by atoms with Crippen LogP contribution in [0.3, 0.4) is 0 Å². The van der Waals surface area contributed by atoms with Crippen LogP contribution in [0.5, 0.6) is 17.2 Å². The molecule has 3 N–H and O–H groups in total. The lowest BCUT2D eigenvalue weighted by Gasteiger charge is -2.14. The average Bonchev–Trinajstić information content (AvgIpc) is 3.10. The Kier molecular flexibility index (Phi) is 6.41. The van der Waals surface area contributed by atoms with Crippen LogP contribution < -0.4 is 20.1 Å². The Hall–Kier alpha value is -2.89. The van der Waals surface area contributed by atoms with Gasteiger partial charge in [0.25, 0.3) is 0 Å². The molecule has 6 nitrogen and oxygen atoms in total. The van der Waals surface area contributed by atoms with Gasteiger partial charge in [0.15, 0.2) is 5.96 Å². The molecule has 1 aliphatic heterocycles. The van der Waals surface area contributed by atoms with E-state index >= 15 is 0 Å². The standard InChI is InChI=1S/C21H27N3O3/c1-3-22-21(23-11-10-15-8-9-17(26-2)13-19(15)25)24-14-18-12-16-6-4-5-7-20(16)27-18/h4-9,13,18,25H,3,10-12,14H2,1-2H3,(H2,22,23,24). The van der Waals surface area contributed by atoms with Gasteiger partial charge in [0.2, 0.25) is 0 Å². The normalized spacial score (nSPS) is 15.8. The monoisotopic (exact) mass is 369 g/mol. The van der Waals surface area contributed by atoms with E-state index in [-0.39, 0.29) is 11.9 Å². The highest BCUT2D eigenvalue weighted by atomic mass is 16.5. The summed E-state index contributed by atoms with van der Waals surface area (Å²) in [6.07, 6.45) is 1.65. The minimum atomic E-state index is 0.0727. The van der Waals surface area contributed by atoms with Gasteiger partial charge in [-0.2, -0.15) is 0 Å². The summed E-state index contributed by atoms with van der Waals surface area (Å²) in [6, 6.07) is 13.5. The summed E-state index contributed by atoms with van der Waals surface area (Å²) >= 11 is 0. The molecule has 2 aromatic carbocycles. The van der Waals surface area contributed by atoms with Crippen molar-refractivity contribution in [3.63, 3.8) is 0 Å². The van der Waals surface area contributed by atoms with E-state index in [0.29, 0.717) is 25.3 Å². The van der Waals surface area contributed by atoms with Crippen molar-refractivity contribution in [2.24, 2.45) is 4.99 Å². The summed E-state index contributed by atoms with van der Waals surface area (Å²) in [5, 5.41) is 16.6.